The van der Waals surface area contributed by atoms with Crippen molar-refractivity contribution in [3.63, 3.8) is 0 Å². The van der Waals surface area contributed by atoms with Crippen molar-refractivity contribution in [1.82, 2.24) is 14.7 Å². The van der Waals surface area contributed by atoms with Crippen LogP contribution in [-0.2, 0) is 0 Å². The topological polar surface area (TPSA) is 29.3 Å². The van der Waals surface area contributed by atoms with Crippen LogP contribution < -0.4 is 5.32 Å². The summed E-state index contributed by atoms with van der Waals surface area (Å²) in [6.45, 7) is 4.36. The Kier molecular flexibility index (Phi) is 2.60. The molecule has 1 saturated heterocycles. The minimum atomic E-state index is 0.598. The van der Waals surface area contributed by atoms with Crippen LogP contribution in [-0.4, -0.2) is 22.5 Å². The number of aryl methyl sites for hydroxylation is 1. The van der Waals surface area contributed by atoms with Gasteiger partial charge in [0.25, 0.3) is 0 Å². The van der Waals surface area contributed by atoms with Crippen molar-refractivity contribution in [2.75, 3.05) is 13.1 Å². The van der Waals surface area contributed by atoms with Gasteiger partial charge in [0.15, 0.2) is 0 Å². The minimum Gasteiger partial charge on any atom is -0.317 e. The fraction of sp³-hybridized carbons (Fsp3) is 0.400. The lowest BCUT2D eigenvalue weighted by Crippen LogP contribution is -2.27. The van der Waals surface area contributed by atoms with E-state index in [4.69, 9.17) is 4.98 Å². The van der Waals surface area contributed by atoms with Gasteiger partial charge in [-0.3, -0.25) is 4.40 Å². The number of aromatic nitrogens is 2. The maximum absolute atomic E-state index is 4.87. The number of para-hydroxylation sites is 1. The number of benzene rings is 1. The maximum atomic E-state index is 4.87. The molecule has 2 aromatic heterocycles. The Bertz CT molecular complexity index is 734. The SMILES string of the molecule is Cc1nc(C2CCNCC2)n2c1sc1ccccc12. The zero-order chi connectivity index (χ0) is 12.8. The van der Waals surface area contributed by atoms with E-state index in [1.807, 2.05) is 11.3 Å². The molecule has 0 spiro atoms. The fourth-order valence-electron chi connectivity index (χ4n) is 3.07. The van der Waals surface area contributed by atoms with Crippen molar-refractivity contribution in [1.29, 1.82) is 0 Å². The third-order valence-electron chi connectivity index (χ3n) is 4.04. The molecule has 0 aliphatic carbocycles. The molecule has 1 aromatic carbocycles. The first-order valence-corrected chi connectivity index (χ1v) is 7.73. The number of imidazole rings is 1. The molecule has 19 heavy (non-hydrogen) atoms. The highest BCUT2D eigenvalue weighted by Crippen LogP contribution is 2.34. The van der Waals surface area contributed by atoms with Gasteiger partial charge in [-0.15, -0.1) is 11.3 Å². The molecule has 4 rings (SSSR count). The average Bonchev–Trinajstić information content (AvgIpc) is 2.98. The van der Waals surface area contributed by atoms with E-state index in [1.165, 1.54) is 39.4 Å². The van der Waals surface area contributed by atoms with Crippen LogP contribution in [0, 0.1) is 6.92 Å². The molecule has 98 valence electrons. The van der Waals surface area contributed by atoms with Gasteiger partial charge in [0.1, 0.15) is 10.7 Å². The Morgan fingerprint density at radius 3 is 2.89 bits per heavy atom. The van der Waals surface area contributed by atoms with Crippen molar-refractivity contribution in [2.24, 2.45) is 0 Å². The molecule has 3 heterocycles. The Labute approximate surface area is 116 Å². The van der Waals surface area contributed by atoms with Gasteiger partial charge in [-0.2, -0.15) is 0 Å². The number of nitrogens with one attached hydrogen (secondary N) is 1. The molecule has 4 heteroatoms. The standard InChI is InChI=1S/C15H17N3S/c1-10-15-18(12-4-2-3-5-13(12)19-15)14(17-10)11-6-8-16-9-7-11/h2-5,11,16H,6-9H2,1H3. The zero-order valence-electron chi connectivity index (χ0n) is 11.0. The zero-order valence-corrected chi connectivity index (χ0v) is 11.8. The summed E-state index contributed by atoms with van der Waals surface area (Å²) in [6.07, 6.45) is 2.39. The van der Waals surface area contributed by atoms with E-state index < -0.39 is 0 Å². The predicted molar refractivity (Wildman–Crippen MR) is 80.2 cm³/mol. The van der Waals surface area contributed by atoms with Gasteiger partial charge in [0.05, 0.1) is 15.9 Å². The third kappa shape index (κ3) is 1.70. The first-order valence-electron chi connectivity index (χ1n) is 6.92. The predicted octanol–water partition coefficient (Wildman–Crippen LogP) is 3.32. The largest absolute Gasteiger partial charge is 0.317 e. The van der Waals surface area contributed by atoms with E-state index in [1.54, 1.807) is 0 Å². The number of rotatable bonds is 1. The van der Waals surface area contributed by atoms with E-state index >= 15 is 0 Å². The van der Waals surface area contributed by atoms with Crippen LogP contribution in [0.1, 0.15) is 30.3 Å². The van der Waals surface area contributed by atoms with Crippen molar-refractivity contribution >= 4 is 26.4 Å². The van der Waals surface area contributed by atoms with Crippen LogP contribution >= 0.6 is 11.3 Å². The van der Waals surface area contributed by atoms with Gasteiger partial charge in [-0.1, -0.05) is 12.1 Å². The summed E-state index contributed by atoms with van der Waals surface area (Å²) in [7, 11) is 0. The molecule has 0 unspecified atom stereocenters. The van der Waals surface area contributed by atoms with Crippen LogP contribution in [0.15, 0.2) is 24.3 Å². The molecule has 0 amide bonds. The average molecular weight is 271 g/mol. The van der Waals surface area contributed by atoms with E-state index in [2.05, 4.69) is 40.9 Å². The molecule has 3 aromatic rings. The van der Waals surface area contributed by atoms with Gasteiger partial charge in [-0.25, -0.2) is 4.98 Å². The number of hydrogen-bond donors (Lipinski definition) is 1. The molecular formula is C15H17N3S. The van der Waals surface area contributed by atoms with Gasteiger partial charge in [0.2, 0.25) is 0 Å². The van der Waals surface area contributed by atoms with Gasteiger partial charge in [0, 0.05) is 5.92 Å². The van der Waals surface area contributed by atoms with Crippen LogP contribution in [0.5, 0.6) is 0 Å². The third-order valence-corrected chi connectivity index (χ3v) is 5.28. The van der Waals surface area contributed by atoms with Crippen molar-refractivity contribution in [2.45, 2.75) is 25.7 Å². The summed E-state index contributed by atoms with van der Waals surface area (Å²) in [6, 6.07) is 8.66. The van der Waals surface area contributed by atoms with Gasteiger partial charge < -0.3 is 5.32 Å². The van der Waals surface area contributed by atoms with Gasteiger partial charge in [-0.05, 0) is 45.0 Å². The Hall–Kier alpha value is -1.39. The molecule has 1 N–H and O–H groups in total. The molecule has 0 radical (unpaired) electrons. The van der Waals surface area contributed by atoms with Crippen molar-refractivity contribution < 1.29 is 0 Å². The molecular weight excluding hydrogens is 254 g/mol. The van der Waals surface area contributed by atoms with Gasteiger partial charge >= 0.3 is 0 Å². The van der Waals surface area contributed by atoms with Crippen LogP contribution in [0.2, 0.25) is 0 Å². The number of fused-ring (bicyclic) bond motifs is 3. The molecule has 3 nitrogen and oxygen atoms in total. The highest BCUT2D eigenvalue weighted by molar-refractivity contribution is 7.24. The monoisotopic (exact) mass is 271 g/mol. The summed E-state index contributed by atoms with van der Waals surface area (Å²) in [5, 5.41) is 3.44. The van der Waals surface area contributed by atoms with Crippen LogP contribution in [0.4, 0.5) is 0 Å². The number of thiazole rings is 1. The maximum Gasteiger partial charge on any atom is 0.123 e. The van der Waals surface area contributed by atoms with Crippen LogP contribution in [0.25, 0.3) is 15.0 Å². The fourth-order valence-corrected chi connectivity index (χ4v) is 4.17. The summed E-state index contributed by atoms with van der Waals surface area (Å²) >= 11 is 1.86. The molecule has 1 aliphatic heterocycles. The first-order chi connectivity index (χ1) is 9.34. The molecule has 1 fully saturated rings. The second-order valence-electron chi connectivity index (χ2n) is 5.29. The Morgan fingerprint density at radius 2 is 2.05 bits per heavy atom. The Balaban J connectivity index is 1.98. The summed E-state index contributed by atoms with van der Waals surface area (Å²) in [4.78, 5) is 6.18. The number of hydrogen-bond acceptors (Lipinski definition) is 3. The Morgan fingerprint density at radius 1 is 1.26 bits per heavy atom. The highest BCUT2D eigenvalue weighted by Gasteiger charge is 2.23. The summed E-state index contributed by atoms with van der Waals surface area (Å²) in [5.74, 6) is 1.87. The lowest BCUT2D eigenvalue weighted by atomic mass is 9.97. The summed E-state index contributed by atoms with van der Waals surface area (Å²) < 4.78 is 3.75. The smallest absolute Gasteiger partial charge is 0.123 e. The normalized spacial score (nSPS) is 17.5. The number of piperidine rings is 1. The molecule has 0 bridgehead atoms. The summed E-state index contributed by atoms with van der Waals surface area (Å²) in [5.41, 5.74) is 2.49. The molecule has 0 saturated carbocycles. The lowest BCUT2D eigenvalue weighted by Gasteiger charge is -2.21. The second-order valence-corrected chi connectivity index (χ2v) is 6.32. The van der Waals surface area contributed by atoms with E-state index in [9.17, 15) is 0 Å². The second kappa shape index (κ2) is 4.32. The van der Waals surface area contributed by atoms with E-state index in [0.29, 0.717) is 5.92 Å². The van der Waals surface area contributed by atoms with Crippen LogP contribution in [0.3, 0.4) is 0 Å². The number of nitrogens with zero attached hydrogens (tertiary/aromatic N) is 2. The van der Waals surface area contributed by atoms with E-state index in [0.717, 1.165) is 13.1 Å². The highest BCUT2D eigenvalue weighted by atomic mass is 32.1. The quantitative estimate of drug-likeness (QED) is 0.735. The first kappa shape index (κ1) is 11.4. The van der Waals surface area contributed by atoms with Crippen molar-refractivity contribution in [3.05, 3.63) is 35.8 Å². The van der Waals surface area contributed by atoms with E-state index in [-0.39, 0.29) is 0 Å². The van der Waals surface area contributed by atoms with Crippen molar-refractivity contribution in [3.8, 4) is 0 Å². The lowest BCUT2D eigenvalue weighted by molar-refractivity contribution is 0.445. The molecule has 0 atom stereocenters. The minimum absolute atomic E-state index is 0.598. The molecule has 1 aliphatic rings.